The fraction of sp³-hybridized carbons (Fsp3) is 0.500. The molecule has 3 rings (SSSR count). The Kier molecular flexibility index (Phi) is 2.59. The van der Waals surface area contributed by atoms with Gasteiger partial charge in [0.05, 0.1) is 0 Å². The number of benzene rings is 1. The topological polar surface area (TPSA) is 3.24 Å². The minimum atomic E-state index is 0.322. The first-order valence-electron chi connectivity index (χ1n) is 6.77. The Morgan fingerprint density at radius 2 is 2.18 bits per heavy atom. The van der Waals surface area contributed by atoms with E-state index in [4.69, 9.17) is 0 Å². The Morgan fingerprint density at radius 1 is 1.35 bits per heavy atom. The second-order valence-electron chi connectivity index (χ2n) is 5.51. The standard InChI is InChI=1S/C16H21N/c1-3-17-11-10-16(13(2)12-17)9-8-14-6-4-5-7-15(14)16/h4-9,13H,3,10-12H2,1-2H3/t13-,16?/m0/s1. The highest BCUT2D eigenvalue weighted by Gasteiger charge is 2.42. The predicted molar refractivity (Wildman–Crippen MR) is 73.0 cm³/mol. The summed E-state index contributed by atoms with van der Waals surface area (Å²) in [5.41, 5.74) is 3.31. The van der Waals surface area contributed by atoms with Gasteiger partial charge < -0.3 is 4.90 Å². The van der Waals surface area contributed by atoms with Crippen molar-refractivity contribution in [1.82, 2.24) is 4.90 Å². The van der Waals surface area contributed by atoms with Gasteiger partial charge in [-0.05, 0) is 36.6 Å². The van der Waals surface area contributed by atoms with Crippen LogP contribution in [0.1, 0.15) is 31.4 Å². The molecule has 1 nitrogen and oxygen atoms in total. The maximum Gasteiger partial charge on any atom is 0.0191 e. The van der Waals surface area contributed by atoms with E-state index in [-0.39, 0.29) is 0 Å². The van der Waals surface area contributed by atoms with Gasteiger partial charge in [-0.1, -0.05) is 50.3 Å². The molecule has 0 amide bonds. The third kappa shape index (κ3) is 1.56. The largest absolute Gasteiger partial charge is 0.303 e. The van der Waals surface area contributed by atoms with Crippen molar-refractivity contribution >= 4 is 6.08 Å². The first kappa shape index (κ1) is 11.0. The van der Waals surface area contributed by atoms with Gasteiger partial charge in [-0.2, -0.15) is 0 Å². The van der Waals surface area contributed by atoms with Crippen molar-refractivity contribution in [3.63, 3.8) is 0 Å². The molecule has 2 atom stereocenters. The van der Waals surface area contributed by atoms with Crippen LogP contribution in [0.2, 0.25) is 0 Å². The first-order valence-corrected chi connectivity index (χ1v) is 6.77. The highest BCUT2D eigenvalue weighted by atomic mass is 15.1. The zero-order valence-corrected chi connectivity index (χ0v) is 10.8. The number of piperidine rings is 1. The number of allylic oxidation sites excluding steroid dienone is 1. The van der Waals surface area contributed by atoms with Crippen molar-refractivity contribution in [2.75, 3.05) is 19.6 Å². The normalized spacial score (nSPS) is 32.0. The quantitative estimate of drug-likeness (QED) is 0.711. The molecule has 1 aromatic rings. The summed E-state index contributed by atoms with van der Waals surface area (Å²) in [6.07, 6.45) is 6.07. The SMILES string of the molecule is CCN1CCC2(C=Cc3ccccc32)[C@@H](C)C1. The van der Waals surface area contributed by atoms with Crippen molar-refractivity contribution in [2.45, 2.75) is 25.7 Å². The molecule has 1 unspecified atom stereocenters. The summed E-state index contributed by atoms with van der Waals surface area (Å²) >= 11 is 0. The molecule has 1 aliphatic heterocycles. The third-order valence-electron chi connectivity index (χ3n) is 4.72. The highest BCUT2D eigenvalue weighted by Crippen LogP contribution is 2.46. The van der Waals surface area contributed by atoms with E-state index < -0.39 is 0 Å². The van der Waals surface area contributed by atoms with Gasteiger partial charge in [-0.3, -0.25) is 0 Å². The van der Waals surface area contributed by atoms with E-state index in [1.807, 2.05) is 0 Å². The van der Waals surface area contributed by atoms with Crippen LogP contribution in [0.25, 0.3) is 6.08 Å². The van der Waals surface area contributed by atoms with Crippen molar-refractivity contribution in [2.24, 2.45) is 5.92 Å². The molecular formula is C16H21N. The molecule has 0 N–H and O–H groups in total. The zero-order chi connectivity index (χ0) is 11.9. The molecule has 0 aromatic heterocycles. The molecule has 1 heterocycles. The molecule has 1 heteroatoms. The smallest absolute Gasteiger partial charge is 0.0191 e. The lowest BCUT2D eigenvalue weighted by Gasteiger charge is -2.44. The minimum Gasteiger partial charge on any atom is -0.303 e. The number of hydrogen-bond acceptors (Lipinski definition) is 1. The Hall–Kier alpha value is -1.08. The van der Waals surface area contributed by atoms with E-state index in [1.165, 1.54) is 31.6 Å². The van der Waals surface area contributed by atoms with Crippen LogP contribution in [0, 0.1) is 5.92 Å². The monoisotopic (exact) mass is 227 g/mol. The average Bonchev–Trinajstić information content (AvgIpc) is 2.74. The molecular weight excluding hydrogens is 206 g/mol. The Balaban J connectivity index is 1.97. The summed E-state index contributed by atoms with van der Waals surface area (Å²) in [7, 11) is 0. The number of nitrogens with zero attached hydrogens (tertiary/aromatic N) is 1. The van der Waals surface area contributed by atoms with E-state index in [1.54, 1.807) is 5.56 Å². The lowest BCUT2D eigenvalue weighted by molar-refractivity contribution is 0.135. The molecule has 90 valence electrons. The summed E-state index contributed by atoms with van der Waals surface area (Å²) in [6, 6.07) is 8.91. The summed E-state index contributed by atoms with van der Waals surface area (Å²) in [4.78, 5) is 2.57. The van der Waals surface area contributed by atoms with Crippen molar-refractivity contribution in [1.29, 1.82) is 0 Å². The molecule has 17 heavy (non-hydrogen) atoms. The molecule has 0 radical (unpaired) electrons. The van der Waals surface area contributed by atoms with Crippen LogP contribution >= 0.6 is 0 Å². The molecule has 1 aromatic carbocycles. The Labute approximate surface area is 104 Å². The second kappa shape index (κ2) is 3.99. The van der Waals surface area contributed by atoms with Crippen LogP contribution < -0.4 is 0 Å². The predicted octanol–water partition coefficient (Wildman–Crippen LogP) is 3.31. The Morgan fingerprint density at radius 3 is 2.94 bits per heavy atom. The number of hydrogen-bond donors (Lipinski definition) is 0. The first-order chi connectivity index (χ1) is 8.26. The van der Waals surface area contributed by atoms with Crippen molar-refractivity contribution in [3.8, 4) is 0 Å². The van der Waals surface area contributed by atoms with Crippen LogP contribution in [-0.2, 0) is 5.41 Å². The maximum absolute atomic E-state index is 2.57. The van der Waals surface area contributed by atoms with Crippen LogP contribution in [0.3, 0.4) is 0 Å². The Bertz CT molecular complexity index is 449. The van der Waals surface area contributed by atoms with E-state index >= 15 is 0 Å². The van der Waals surface area contributed by atoms with Gasteiger partial charge in [0.25, 0.3) is 0 Å². The molecule has 0 saturated carbocycles. The summed E-state index contributed by atoms with van der Waals surface area (Å²) < 4.78 is 0. The molecule has 1 saturated heterocycles. The van der Waals surface area contributed by atoms with Gasteiger partial charge in [0, 0.05) is 12.0 Å². The van der Waals surface area contributed by atoms with Gasteiger partial charge in [0.2, 0.25) is 0 Å². The van der Waals surface area contributed by atoms with Crippen molar-refractivity contribution in [3.05, 3.63) is 41.5 Å². The van der Waals surface area contributed by atoms with Crippen LogP contribution in [0.4, 0.5) is 0 Å². The van der Waals surface area contributed by atoms with E-state index in [0.29, 0.717) is 5.41 Å². The number of fused-ring (bicyclic) bond motifs is 2. The third-order valence-corrected chi connectivity index (χ3v) is 4.72. The average molecular weight is 227 g/mol. The molecule has 2 aliphatic rings. The van der Waals surface area contributed by atoms with Crippen LogP contribution in [0.15, 0.2) is 30.3 Å². The number of likely N-dealkylation sites (tertiary alicyclic amines) is 1. The lowest BCUT2D eigenvalue weighted by Crippen LogP contribution is -2.47. The van der Waals surface area contributed by atoms with Gasteiger partial charge >= 0.3 is 0 Å². The maximum atomic E-state index is 2.57. The van der Waals surface area contributed by atoms with Gasteiger partial charge in [0.15, 0.2) is 0 Å². The lowest BCUT2D eigenvalue weighted by atomic mass is 9.68. The van der Waals surface area contributed by atoms with E-state index in [0.717, 1.165) is 5.92 Å². The second-order valence-corrected chi connectivity index (χ2v) is 5.51. The molecule has 1 fully saturated rings. The highest BCUT2D eigenvalue weighted by molar-refractivity contribution is 5.65. The summed E-state index contributed by atoms with van der Waals surface area (Å²) in [5.74, 6) is 0.719. The molecule has 1 spiro atoms. The van der Waals surface area contributed by atoms with E-state index in [9.17, 15) is 0 Å². The number of rotatable bonds is 1. The van der Waals surface area contributed by atoms with Crippen molar-refractivity contribution < 1.29 is 0 Å². The fourth-order valence-corrected chi connectivity index (χ4v) is 3.56. The van der Waals surface area contributed by atoms with Gasteiger partial charge in [-0.25, -0.2) is 0 Å². The minimum absolute atomic E-state index is 0.322. The molecule has 1 aliphatic carbocycles. The van der Waals surface area contributed by atoms with E-state index in [2.05, 4.69) is 55.2 Å². The summed E-state index contributed by atoms with van der Waals surface area (Å²) in [5, 5.41) is 0. The zero-order valence-electron chi connectivity index (χ0n) is 10.8. The van der Waals surface area contributed by atoms with Crippen LogP contribution in [-0.4, -0.2) is 24.5 Å². The van der Waals surface area contributed by atoms with Crippen LogP contribution in [0.5, 0.6) is 0 Å². The fourth-order valence-electron chi connectivity index (χ4n) is 3.56. The van der Waals surface area contributed by atoms with Gasteiger partial charge in [-0.15, -0.1) is 0 Å². The summed E-state index contributed by atoms with van der Waals surface area (Å²) in [6.45, 7) is 8.33. The molecule has 0 bridgehead atoms. The van der Waals surface area contributed by atoms with Gasteiger partial charge in [0.1, 0.15) is 0 Å².